The molecule has 1 amide bonds. The Labute approximate surface area is 73.5 Å². The Hall–Kier alpha value is -0.570. The molecule has 3 nitrogen and oxygen atoms in total. The normalized spacial score (nSPS) is 22.6. The number of hydrogen-bond donors (Lipinski definition) is 1. The highest BCUT2D eigenvalue weighted by molar-refractivity contribution is 5.83. The van der Waals surface area contributed by atoms with Gasteiger partial charge >= 0.3 is 0 Å². The van der Waals surface area contributed by atoms with E-state index >= 15 is 0 Å². The second kappa shape index (κ2) is 3.44. The molecule has 1 rings (SSSR count). The molecule has 1 atom stereocenters. The minimum absolute atomic E-state index is 0.128. The van der Waals surface area contributed by atoms with Crippen LogP contribution in [0.2, 0.25) is 0 Å². The van der Waals surface area contributed by atoms with E-state index in [1.165, 1.54) is 0 Å². The van der Waals surface area contributed by atoms with Crippen molar-refractivity contribution in [3.8, 4) is 0 Å². The third-order valence-electron chi connectivity index (χ3n) is 2.38. The van der Waals surface area contributed by atoms with Crippen LogP contribution in [-0.4, -0.2) is 25.2 Å². The predicted molar refractivity (Wildman–Crippen MR) is 46.8 cm³/mol. The largest absolute Gasteiger partial charge is 0.379 e. The molecule has 70 valence electrons. The van der Waals surface area contributed by atoms with E-state index < -0.39 is 0 Å². The molecule has 0 aliphatic carbocycles. The van der Waals surface area contributed by atoms with Crippen LogP contribution >= 0.6 is 0 Å². The quantitative estimate of drug-likeness (QED) is 0.686. The van der Waals surface area contributed by atoms with Crippen LogP contribution in [-0.2, 0) is 9.53 Å². The summed E-state index contributed by atoms with van der Waals surface area (Å²) in [6.45, 7) is 7.14. The molecule has 1 unspecified atom stereocenters. The summed E-state index contributed by atoms with van der Waals surface area (Å²) in [5.41, 5.74) is -0.260. The standard InChI is InChI=1S/C9H17NO2/c1-4-7(2)10-8(11)9(3)5-12-6-9/h7H,4-6H2,1-3H3,(H,10,11). The lowest BCUT2D eigenvalue weighted by molar-refractivity contribution is -0.158. The summed E-state index contributed by atoms with van der Waals surface area (Å²) in [6.07, 6.45) is 0.975. The summed E-state index contributed by atoms with van der Waals surface area (Å²) < 4.78 is 5.01. The summed E-state index contributed by atoms with van der Waals surface area (Å²) in [4.78, 5) is 11.5. The Morgan fingerprint density at radius 2 is 2.25 bits per heavy atom. The Kier molecular flexibility index (Phi) is 2.73. The zero-order chi connectivity index (χ0) is 9.19. The third-order valence-corrected chi connectivity index (χ3v) is 2.38. The van der Waals surface area contributed by atoms with Gasteiger partial charge in [0.25, 0.3) is 0 Å². The van der Waals surface area contributed by atoms with Crippen LogP contribution in [0.4, 0.5) is 0 Å². The minimum atomic E-state index is -0.260. The molecule has 1 aliphatic rings. The van der Waals surface area contributed by atoms with Crippen molar-refractivity contribution in [2.75, 3.05) is 13.2 Å². The number of carbonyl (C=O) groups excluding carboxylic acids is 1. The van der Waals surface area contributed by atoms with Crippen LogP contribution in [0.15, 0.2) is 0 Å². The monoisotopic (exact) mass is 171 g/mol. The van der Waals surface area contributed by atoms with Gasteiger partial charge in [0.05, 0.1) is 18.6 Å². The second-order valence-corrected chi connectivity index (χ2v) is 3.84. The van der Waals surface area contributed by atoms with Crippen molar-refractivity contribution in [1.29, 1.82) is 0 Å². The smallest absolute Gasteiger partial charge is 0.230 e. The van der Waals surface area contributed by atoms with Gasteiger partial charge in [0.15, 0.2) is 0 Å². The van der Waals surface area contributed by atoms with E-state index in [1.54, 1.807) is 0 Å². The van der Waals surface area contributed by atoms with E-state index in [0.717, 1.165) is 6.42 Å². The number of ether oxygens (including phenoxy) is 1. The maximum absolute atomic E-state index is 11.5. The van der Waals surface area contributed by atoms with Crippen LogP contribution in [0.25, 0.3) is 0 Å². The van der Waals surface area contributed by atoms with Crippen molar-refractivity contribution >= 4 is 5.91 Å². The van der Waals surface area contributed by atoms with Crippen molar-refractivity contribution in [2.24, 2.45) is 5.41 Å². The highest BCUT2D eigenvalue weighted by Crippen LogP contribution is 2.26. The molecule has 1 aliphatic heterocycles. The molecular weight excluding hydrogens is 154 g/mol. The first-order valence-corrected chi connectivity index (χ1v) is 4.47. The summed E-state index contributed by atoms with van der Waals surface area (Å²) in [5.74, 6) is 0.128. The molecule has 0 saturated carbocycles. The van der Waals surface area contributed by atoms with Gasteiger partial charge in [-0.15, -0.1) is 0 Å². The fraction of sp³-hybridized carbons (Fsp3) is 0.889. The fourth-order valence-corrected chi connectivity index (χ4v) is 1.04. The van der Waals surface area contributed by atoms with Crippen LogP contribution in [0.1, 0.15) is 27.2 Å². The van der Waals surface area contributed by atoms with Gasteiger partial charge in [-0.3, -0.25) is 4.79 Å². The van der Waals surface area contributed by atoms with Gasteiger partial charge in [0.1, 0.15) is 0 Å². The Bertz CT molecular complexity index is 175. The summed E-state index contributed by atoms with van der Waals surface area (Å²) >= 11 is 0. The van der Waals surface area contributed by atoms with Crippen molar-refractivity contribution < 1.29 is 9.53 Å². The Morgan fingerprint density at radius 3 is 2.58 bits per heavy atom. The molecule has 3 heteroatoms. The molecule has 0 spiro atoms. The van der Waals surface area contributed by atoms with E-state index in [1.807, 2.05) is 13.8 Å². The molecule has 0 aromatic rings. The maximum atomic E-state index is 11.5. The number of amides is 1. The van der Waals surface area contributed by atoms with E-state index in [-0.39, 0.29) is 17.4 Å². The lowest BCUT2D eigenvalue weighted by Gasteiger charge is -2.37. The molecule has 1 heterocycles. The number of rotatable bonds is 3. The summed E-state index contributed by atoms with van der Waals surface area (Å²) in [6, 6.07) is 0.273. The lowest BCUT2D eigenvalue weighted by atomic mass is 9.87. The average molecular weight is 171 g/mol. The highest BCUT2D eigenvalue weighted by atomic mass is 16.5. The first kappa shape index (κ1) is 9.52. The van der Waals surface area contributed by atoms with Gasteiger partial charge in [0.2, 0.25) is 5.91 Å². The van der Waals surface area contributed by atoms with E-state index in [2.05, 4.69) is 12.2 Å². The fourth-order valence-electron chi connectivity index (χ4n) is 1.04. The third kappa shape index (κ3) is 1.78. The maximum Gasteiger partial charge on any atom is 0.230 e. The van der Waals surface area contributed by atoms with Crippen LogP contribution in [0.3, 0.4) is 0 Å². The van der Waals surface area contributed by atoms with Crippen LogP contribution in [0, 0.1) is 5.41 Å². The molecule has 0 bridgehead atoms. The lowest BCUT2D eigenvalue weighted by Crippen LogP contribution is -2.53. The van der Waals surface area contributed by atoms with Gasteiger partial charge in [-0.1, -0.05) is 6.92 Å². The Morgan fingerprint density at radius 1 is 1.67 bits per heavy atom. The van der Waals surface area contributed by atoms with E-state index in [4.69, 9.17) is 4.74 Å². The molecule has 1 fully saturated rings. The number of nitrogens with one attached hydrogen (secondary N) is 1. The summed E-state index contributed by atoms with van der Waals surface area (Å²) in [5, 5.41) is 2.95. The molecule has 0 aromatic carbocycles. The second-order valence-electron chi connectivity index (χ2n) is 3.84. The number of carbonyl (C=O) groups is 1. The van der Waals surface area contributed by atoms with Crippen LogP contribution in [0.5, 0.6) is 0 Å². The minimum Gasteiger partial charge on any atom is -0.379 e. The van der Waals surface area contributed by atoms with Gasteiger partial charge in [-0.25, -0.2) is 0 Å². The molecule has 0 aromatic heterocycles. The van der Waals surface area contributed by atoms with Gasteiger partial charge in [-0.2, -0.15) is 0 Å². The van der Waals surface area contributed by atoms with Crippen molar-refractivity contribution in [2.45, 2.75) is 33.2 Å². The zero-order valence-electron chi connectivity index (χ0n) is 8.02. The van der Waals surface area contributed by atoms with Crippen molar-refractivity contribution in [3.05, 3.63) is 0 Å². The van der Waals surface area contributed by atoms with E-state index in [0.29, 0.717) is 13.2 Å². The summed E-state index contributed by atoms with van der Waals surface area (Å²) in [7, 11) is 0. The molecular formula is C9H17NO2. The molecule has 12 heavy (non-hydrogen) atoms. The zero-order valence-corrected chi connectivity index (χ0v) is 8.02. The Balaban J connectivity index is 2.37. The van der Waals surface area contributed by atoms with Gasteiger partial charge in [-0.05, 0) is 20.3 Å². The highest BCUT2D eigenvalue weighted by Gasteiger charge is 2.41. The molecule has 0 radical (unpaired) electrons. The SMILES string of the molecule is CCC(C)NC(=O)C1(C)COC1. The first-order valence-electron chi connectivity index (χ1n) is 4.47. The number of hydrogen-bond acceptors (Lipinski definition) is 2. The van der Waals surface area contributed by atoms with Gasteiger partial charge < -0.3 is 10.1 Å². The molecule has 1 N–H and O–H groups in total. The molecule has 1 saturated heterocycles. The van der Waals surface area contributed by atoms with E-state index in [9.17, 15) is 4.79 Å². The van der Waals surface area contributed by atoms with Crippen LogP contribution < -0.4 is 5.32 Å². The van der Waals surface area contributed by atoms with Crippen molar-refractivity contribution in [3.63, 3.8) is 0 Å². The predicted octanol–water partition coefficient (Wildman–Crippen LogP) is 0.938. The topological polar surface area (TPSA) is 38.3 Å². The average Bonchev–Trinajstić information content (AvgIpc) is 1.99. The van der Waals surface area contributed by atoms with Crippen molar-refractivity contribution in [1.82, 2.24) is 5.32 Å². The van der Waals surface area contributed by atoms with Gasteiger partial charge in [0, 0.05) is 6.04 Å². The first-order chi connectivity index (χ1) is 5.58.